The van der Waals surface area contributed by atoms with Crippen LogP contribution in [-0.4, -0.2) is 43.4 Å². The minimum Gasteiger partial charge on any atom is -0.493 e. The lowest BCUT2D eigenvalue weighted by Gasteiger charge is -2.10. The third kappa shape index (κ3) is 5.09. The van der Waals surface area contributed by atoms with Gasteiger partial charge in [0.05, 0.1) is 19.2 Å². The molecule has 2 aromatic rings. The van der Waals surface area contributed by atoms with Gasteiger partial charge in [-0.25, -0.2) is 0 Å². The van der Waals surface area contributed by atoms with Crippen LogP contribution in [0.4, 0.5) is 0 Å². The molecule has 0 aliphatic heterocycles. The molecule has 0 spiro atoms. The van der Waals surface area contributed by atoms with E-state index in [4.69, 9.17) is 31.3 Å². The van der Waals surface area contributed by atoms with Crippen LogP contribution < -0.4 is 20.5 Å². The predicted octanol–water partition coefficient (Wildman–Crippen LogP) is 2.05. The lowest BCUT2D eigenvalue weighted by molar-refractivity contribution is -0.121. The monoisotopic (exact) mass is 382 g/mol. The molecule has 1 heterocycles. The number of rotatable bonds is 9. The number of halogens is 1. The Morgan fingerprint density at radius 1 is 1.38 bits per heavy atom. The molecule has 8 nitrogen and oxygen atoms in total. The van der Waals surface area contributed by atoms with Crippen molar-refractivity contribution in [2.45, 2.75) is 19.8 Å². The highest BCUT2D eigenvalue weighted by Crippen LogP contribution is 2.38. The van der Waals surface area contributed by atoms with Gasteiger partial charge < -0.3 is 25.0 Å². The Labute approximate surface area is 157 Å². The average Bonchev–Trinajstić information content (AvgIpc) is 3.12. The smallest absolute Gasteiger partial charge is 0.227 e. The van der Waals surface area contributed by atoms with E-state index in [2.05, 4.69) is 15.5 Å². The fraction of sp³-hybridized carbons (Fsp3) is 0.471. The first-order chi connectivity index (χ1) is 12.5. The van der Waals surface area contributed by atoms with Crippen molar-refractivity contribution >= 4 is 17.5 Å². The largest absolute Gasteiger partial charge is 0.493 e. The van der Waals surface area contributed by atoms with Gasteiger partial charge in [-0.1, -0.05) is 23.7 Å². The Bertz CT molecular complexity index is 750. The van der Waals surface area contributed by atoms with Crippen LogP contribution in [0.1, 0.15) is 19.2 Å². The first-order valence-corrected chi connectivity index (χ1v) is 8.57. The number of aryl methyl sites for hydroxylation is 1. The number of benzene rings is 1. The molecule has 26 heavy (non-hydrogen) atoms. The van der Waals surface area contributed by atoms with Crippen molar-refractivity contribution in [3.05, 3.63) is 23.0 Å². The van der Waals surface area contributed by atoms with Crippen molar-refractivity contribution in [3.8, 4) is 22.9 Å². The van der Waals surface area contributed by atoms with E-state index < -0.39 is 0 Å². The molecule has 9 heteroatoms. The van der Waals surface area contributed by atoms with Gasteiger partial charge in [-0.3, -0.25) is 4.79 Å². The third-order valence-corrected chi connectivity index (χ3v) is 4.06. The van der Waals surface area contributed by atoms with Gasteiger partial charge in [0, 0.05) is 24.9 Å². The van der Waals surface area contributed by atoms with Crippen LogP contribution >= 0.6 is 11.6 Å². The summed E-state index contributed by atoms with van der Waals surface area (Å²) in [5.74, 6) is 1.79. The number of hydrogen-bond donors (Lipinski definition) is 2. The van der Waals surface area contributed by atoms with E-state index in [1.807, 2.05) is 6.92 Å². The Morgan fingerprint density at radius 3 is 2.81 bits per heavy atom. The zero-order chi connectivity index (χ0) is 19.1. The second-order valence-electron chi connectivity index (χ2n) is 5.85. The van der Waals surface area contributed by atoms with Gasteiger partial charge >= 0.3 is 0 Å². The zero-order valence-corrected chi connectivity index (χ0v) is 15.8. The van der Waals surface area contributed by atoms with E-state index in [1.54, 1.807) is 12.1 Å². The summed E-state index contributed by atoms with van der Waals surface area (Å²) in [4.78, 5) is 16.1. The maximum absolute atomic E-state index is 11.8. The maximum atomic E-state index is 11.8. The van der Waals surface area contributed by atoms with Crippen LogP contribution in [0.3, 0.4) is 0 Å². The Morgan fingerprint density at radius 2 is 2.15 bits per heavy atom. The number of ether oxygens (including phenoxy) is 2. The summed E-state index contributed by atoms with van der Waals surface area (Å²) in [7, 11) is 3.03. The fourth-order valence-electron chi connectivity index (χ4n) is 2.20. The highest BCUT2D eigenvalue weighted by molar-refractivity contribution is 6.32. The summed E-state index contributed by atoms with van der Waals surface area (Å²) >= 11 is 6.19. The Balaban J connectivity index is 2.01. The Hall–Kier alpha value is -2.32. The van der Waals surface area contributed by atoms with Crippen LogP contribution in [0.5, 0.6) is 11.5 Å². The molecular weight excluding hydrogens is 360 g/mol. The van der Waals surface area contributed by atoms with Gasteiger partial charge in [0.25, 0.3) is 0 Å². The summed E-state index contributed by atoms with van der Waals surface area (Å²) in [6.07, 6.45) is 0.600. The van der Waals surface area contributed by atoms with Crippen LogP contribution in [-0.2, 0) is 11.2 Å². The Kier molecular flexibility index (Phi) is 7.23. The molecule has 1 aromatic heterocycles. The van der Waals surface area contributed by atoms with Crippen LogP contribution in [0, 0.1) is 5.92 Å². The van der Waals surface area contributed by atoms with E-state index in [-0.39, 0.29) is 18.2 Å². The minimum atomic E-state index is -0.0841. The van der Waals surface area contributed by atoms with Crippen molar-refractivity contribution in [1.82, 2.24) is 15.5 Å². The number of carbonyl (C=O) groups excluding carboxylic acids is 1. The van der Waals surface area contributed by atoms with Gasteiger partial charge in [-0.05, 0) is 24.6 Å². The molecule has 0 radical (unpaired) electrons. The van der Waals surface area contributed by atoms with Crippen LogP contribution in [0.15, 0.2) is 16.7 Å². The maximum Gasteiger partial charge on any atom is 0.227 e. The van der Waals surface area contributed by atoms with E-state index in [0.29, 0.717) is 53.3 Å². The summed E-state index contributed by atoms with van der Waals surface area (Å²) in [6.45, 7) is 3.05. The van der Waals surface area contributed by atoms with E-state index >= 15 is 0 Å². The number of nitrogens with one attached hydrogen (secondary N) is 1. The summed E-state index contributed by atoms with van der Waals surface area (Å²) in [6, 6.07) is 3.37. The summed E-state index contributed by atoms with van der Waals surface area (Å²) in [5.41, 5.74) is 6.15. The highest BCUT2D eigenvalue weighted by atomic mass is 35.5. The quantitative estimate of drug-likeness (QED) is 0.682. The molecule has 2 rings (SSSR count). The summed E-state index contributed by atoms with van der Waals surface area (Å²) < 4.78 is 15.7. The number of amides is 1. The summed E-state index contributed by atoms with van der Waals surface area (Å²) in [5, 5.41) is 7.13. The number of hydrogen-bond acceptors (Lipinski definition) is 7. The zero-order valence-electron chi connectivity index (χ0n) is 15.0. The van der Waals surface area contributed by atoms with Gasteiger partial charge in [0.2, 0.25) is 17.6 Å². The van der Waals surface area contributed by atoms with Crippen molar-refractivity contribution in [3.63, 3.8) is 0 Å². The van der Waals surface area contributed by atoms with Gasteiger partial charge in [0.15, 0.2) is 11.5 Å². The second-order valence-corrected chi connectivity index (χ2v) is 6.26. The van der Waals surface area contributed by atoms with E-state index in [1.165, 1.54) is 14.2 Å². The van der Waals surface area contributed by atoms with E-state index in [9.17, 15) is 4.79 Å². The normalized spacial score (nSPS) is 11.9. The third-order valence-electron chi connectivity index (χ3n) is 3.78. The van der Waals surface area contributed by atoms with Crippen molar-refractivity contribution < 1.29 is 18.8 Å². The average molecular weight is 383 g/mol. The van der Waals surface area contributed by atoms with Gasteiger partial charge in [0.1, 0.15) is 0 Å². The van der Waals surface area contributed by atoms with Crippen molar-refractivity contribution in [2.75, 3.05) is 27.3 Å². The number of carbonyl (C=O) groups is 1. The number of methoxy groups -OCH3 is 2. The van der Waals surface area contributed by atoms with Crippen molar-refractivity contribution in [1.29, 1.82) is 0 Å². The highest BCUT2D eigenvalue weighted by Gasteiger charge is 2.16. The fourth-order valence-corrected chi connectivity index (χ4v) is 2.49. The first-order valence-electron chi connectivity index (χ1n) is 8.19. The molecule has 0 saturated carbocycles. The molecular formula is C17H23ClN4O4. The molecule has 1 amide bonds. The molecule has 0 aliphatic rings. The topological polar surface area (TPSA) is 112 Å². The van der Waals surface area contributed by atoms with Crippen LogP contribution in [0.25, 0.3) is 11.4 Å². The van der Waals surface area contributed by atoms with Gasteiger partial charge in [-0.15, -0.1) is 0 Å². The minimum absolute atomic E-state index is 0.0841. The second kappa shape index (κ2) is 9.40. The molecule has 0 saturated heterocycles. The molecule has 0 aliphatic carbocycles. The molecule has 1 atom stereocenters. The number of nitrogens with zero attached hydrogens (tertiary/aromatic N) is 2. The van der Waals surface area contributed by atoms with Gasteiger partial charge in [-0.2, -0.15) is 4.98 Å². The molecule has 1 unspecified atom stereocenters. The number of nitrogens with two attached hydrogens (primary N) is 1. The predicted molar refractivity (Wildman–Crippen MR) is 97.4 cm³/mol. The molecule has 0 bridgehead atoms. The molecule has 0 fully saturated rings. The number of aromatic nitrogens is 2. The standard InChI is InChI=1S/C17H23ClN4O4/c1-10(8-19)9-20-14(23)4-5-15-21-17(22-26-15)11-6-12(18)16(25-3)13(7-11)24-2/h6-7,10H,4-5,8-9,19H2,1-3H3,(H,20,23). The SMILES string of the molecule is COc1cc(-c2noc(CCC(=O)NCC(C)CN)n2)cc(Cl)c1OC. The lowest BCUT2D eigenvalue weighted by atomic mass is 10.2. The lowest BCUT2D eigenvalue weighted by Crippen LogP contribution is -2.31. The molecule has 3 N–H and O–H groups in total. The molecule has 1 aromatic carbocycles. The van der Waals surface area contributed by atoms with E-state index in [0.717, 1.165) is 0 Å². The van der Waals surface area contributed by atoms with Crippen LogP contribution in [0.2, 0.25) is 5.02 Å². The first kappa shape index (κ1) is 20.0. The molecule has 142 valence electrons. The van der Waals surface area contributed by atoms with Crippen molar-refractivity contribution in [2.24, 2.45) is 11.7 Å².